The maximum atomic E-state index is 11.1. The van der Waals surface area contributed by atoms with Gasteiger partial charge in [-0.3, -0.25) is 9.97 Å². The van der Waals surface area contributed by atoms with Gasteiger partial charge in [-0.15, -0.1) is 0 Å². The summed E-state index contributed by atoms with van der Waals surface area (Å²) < 4.78 is 0. The molecule has 1 aliphatic rings. The van der Waals surface area contributed by atoms with Gasteiger partial charge in [-0.25, -0.2) is 4.79 Å². The average molecular weight is 363 g/mol. The zero-order valence-corrected chi connectivity index (χ0v) is 15.9. The molecule has 0 radical (unpaired) electrons. The van der Waals surface area contributed by atoms with Crippen molar-refractivity contribution in [3.05, 3.63) is 65.6 Å². The molecule has 1 fully saturated rings. The second-order valence-electron chi connectivity index (χ2n) is 6.43. The normalized spacial score (nSPS) is 13.3. The van der Waals surface area contributed by atoms with Crippen LogP contribution in [0, 0.1) is 0 Å². The van der Waals surface area contributed by atoms with Gasteiger partial charge in [-0.05, 0) is 48.7 Å². The first-order valence-corrected chi connectivity index (χ1v) is 9.51. The smallest absolute Gasteiger partial charge is 0.335 e. The average Bonchev–Trinajstić information content (AvgIpc) is 3.24. The first kappa shape index (κ1) is 18.8. The standard InChI is InChI=1S/C20H19N3O2.C2H6/c24-20(25)15-5-6-21-17(11-15)10-14-3-4-19-16(9-14)12-18(13-22-19)23-7-1-2-8-23;1-2/h3-6,9,11-13H,1-2,7-8,10H2,(H,24,25);1-2H3. The molecular weight excluding hydrogens is 338 g/mol. The van der Waals surface area contributed by atoms with Gasteiger partial charge in [-0.1, -0.05) is 19.9 Å². The molecule has 27 heavy (non-hydrogen) atoms. The molecule has 1 aromatic carbocycles. The third kappa shape index (κ3) is 4.42. The third-order valence-corrected chi connectivity index (χ3v) is 4.65. The molecule has 1 N–H and O–H groups in total. The lowest BCUT2D eigenvalue weighted by atomic mass is 10.0. The third-order valence-electron chi connectivity index (χ3n) is 4.65. The zero-order chi connectivity index (χ0) is 19.2. The van der Waals surface area contributed by atoms with E-state index in [-0.39, 0.29) is 5.56 Å². The Morgan fingerprint density at radius 1 is 1.07 bits per heavy atom. The first-order valence-electron chi connectivity index (χ1n) is 9.51. The molecule has 1 aliphatic heterocycles. The van der Waals surface area contributed by atoms with E-state index in [1.807, 2.05) is 32.2 Å². The fourth-order valence-electron chi connectivity index (χ4n) is 3.34. The molecule has 2 aromatic heterocycles. The SMILES string of the molecule is CC.O=C(O)c1ccnc(Cc2ccc3ncc(N4CCCC4)cc3c2)c1. The Morgan fingerprint density at radius 3 is 2.59 bits per heavy atom. The van der Waals surface area contributed by atoms with Crippen molar-refractivity contribution in [3.63, 3.8) is 0 Å². The Balaban J connectivity index is 0.00000102. The summed E-state index contributed by atoms with van der Waals surface area (Å²) in [6.07, 6.45) is 6.58. The summed E-state index contributed by atoms with van der Waals surface area (Å²) in [5, 5.41) is 10.2. The number of aromatic nitrogens is 2. The van der Waals surface area contributed by atoms with Crippen LogP contribution in [0.1, 0.15) is 48.3 Å². The first-order chi connectivity index (χ1) is 13.2. The van der Waals surface area contributed by atoms with E-state index in [1.165, 1.54) is 24.6 Å². The Bertz CT molecular complexity index is 934. The number of pyridine rings is 2. The molecule has 0 bridgehead atoms. The number of carbonyl (C=O) groups is 1. The van der Waals surface area contributed by atoms with Gasteiger partial charge >= 0.3 is 5.97 Å². The Hall–Kier alpha value is -2.95. The molecule has 0 aliphatic carbocycles. The highest BCUT2D eigenvalue weighted by Crippen LogP contribution is 2.24. The van der Waals surface area contributed by atoms with E-state index in [0.717, 1.165) is 35.2 Å². The molecule has 3 aromatic rings. The number of hydrogen-bond acceptors (Lipinski definition) is 4. The minimum atomic E-state index is -0.929. The highest BCUT2D eigenvalue weighted by molar-refractivity contribution is 5.87. The summed E-state index contributed by atoms with van der Waals surface area (Å²) in [6.45, 7) is 6.19. The topological polar surface area (TPSA) is 66.3 Å². The lowest BCUT2D eigenvalue weighted by Gasteiger charge is -2.17. The van der Waals surface area contributed by atoms with Crippen molar-refractivity contribution in [1.82, 2.24) is 9.97 Å². The molecule has 0 atom stereocenters. The lowest BCUT2D eigenvalue weighted by Crippen LogP contribution is -2.17. The van der Waals surface area contributed by atoms with E-state index in [1.54, 1.807) is 12.3 Å². The Morgan fingerprint density at radius 2 is 1.85 bits per heavy atom. The predicted molar refractivity (Wildman–Crippen MR) is 109 cm³/mol. The van der Waals surface area contributed by atoms with Crippen molar-refractivity contribution in [2.75, 3.05) is 18.0 Å². The van der Waals surface area contributed by atoms with Crippen LogP contribution in [0.2, 0.25) is 0 Å². The summed E-state index contributed by atoms with van der Waals surface area (Å²) in [4.78, 5) is 22.3. The van der Waals surface area contributed by atoms with E-state index in [0.29, 0.717) is 6.42 Å². The zero-order valence-electron chi connectivity index (χ0n) is 15.9. The summed E-state index contributed by atoms with van der Waals surface area (Å²) >= 11 is 0. The molecule has 140 valence electrons. The van der Waals surface area contributed by atoms with Gasteiger partial charge in [0, 0.05) is 36.8 Å². The fraction of sp³-hybridized carbons (Fsp3) is 0.318. The van der Waals surface area contributed by atoms with Gasteiger partial charge in [0.25, 0.3) is 0 Å². The number of carboxylic acid groups (broad SMARTS) is 1. The lowest BCUT2D eigenvalue weighted by molar-refractivity contribution is 0.0696. The van der Waals surface area contributed by atoms with Crippen LogP contribution in [0.15, 0.2) is 48.8 Å². The van der Waals surface area contributed by atoms with Crippen LogP contribution in [0.3, 0.4) is 0 Å². The van der Waals surface area contributed by atoms with Gasteiger partial charge < -0.3 is 10.0 Å². The number of benzene rings is 1. The number of aromatic carboxylic acids is 1. The van der Waals surface area contributed by atoms with Gasteiger partial charge in [0.2, 0.25) is 0 Å². The molecule has 1 saturated heterocycles. The van der Waals surface area contributed by atoms with E-state index in [9.17, 15) is 4.79 Å². The molecule has 0 amide bonds. The van der Waals surface area contributed by atoms with E-state index < -0.39 is 5.97 Å². The minimum Gasteiger partial charge on any atom is -0.478 e. The monoisotopic (exact) mass is 363 g/mol. The Kier molecular flexibility index (Phi) is 6.01. The van der Waals surface area contributed by atoms with Gasteiger partial charge in [0.1, 0.15) is 0 Å². The van der Waals surface area contributed by atoms with Crippen LogP contribution in [-0.2, 0) is 6.42 Å². The summed E-state index contributed by atoms with van der Waals surface area (Å²) in [5.74, 6) is -0.929. The van der Waals surface area contributed by atoms with Crippen molar-refractivity contribution in [2.45, 2.75) is 33.1 Å². The molecule has 3 heterocycles. The van der Waals surface area contributed by atoms with E-state index in [2.05, 4.69) is 27.0 Å². The van der Waals surface area contributed by atoms with Crippen LogP contribution in [0.5, 0.6) is 0 Å². The second-order valence-corrected chi connectivity index (χ2v) is 6.43. The number of rotatable bonds is 4. The van der Waals surface area contributed by atoms with E-state index >= 15 is 0 Å². The number of nitrogens with zero attached hydrogens (tertiary/aromatic N) is 3. The largest absolute Gasteiger partial charge is 0.478 e. The highest BCUT2D eigenvalue weighted by atomic mass is 16.4. The van der Waals surface area contributed by atoms with Crippen molar-refractivity contribution in [3.8, 4) is 0 Å². The molecule has 0 spiro atoms. The number of fused-ring (bicyclic) bond motifs is 1. The molecule has 5 nitrogen and oxygen atoms in total. The van der Waals surface area contributed by atoms with Crippen LogP contribution in [0.25, 0.3) is 10.9 Å². The van der Waals surface area contributed by atoms with Crippen molar-refractivity contribution >= 4 is 22.6 Å². The van der Waals surface area contributed by atoms with Crippen molar-refractivity contribution in [2.24, 2.45) is 0 Å². The molecule has 0 unspecified atom stereocenters. The maximum Gasteiger partial charge on any atom is 0.335 e. The quantitative estimate of drug-likeness (QED) is 0.737. The van der Waals surface area contributed by atoms with Crippen LogP contribution in [0.4, 0.5) is 5.69 Å². The molecule has 5 heteroatoms. The van der Waals surface area contributed by atoms with Crippen LogP contribution < -0.4 is 4.90 Å². The maximum absolute atomic E-state index is 11.1. The second kappa shape index (κ2) is 8.62. The summed E-state index contributed by atoms with van der Waals surface area (Å²) in [6, 6.07) is 11.5. The minimum absolute atomic E-state index is 0.267. The molecule has 4 rings (SSSR count). The summed E-state index contributed by atoms with van der Waals surface area (Å²) in [5.41, 5.74) is 4.27. The van der Waals surface area contributed by atoms with Crippen LogP contribution in [-0.4, -0.2) is 34.1 Å². The Labute approximate surface area is 159 Å². The van der Waals surface area contributed by atoms with E-state index in [4.69, 9.17) is 5.11 Å². The highest BCUT2D eigenvalue weighted by Gasteiger charge is 2.13. The van der Waals surface area contributed by atoms with Crippen LogP contribution >= 0.6 is 0 Å². The molecule has 0 saturated carbocycles. The summed E-state index contributed by atoms with van der Waals surface area (Å²) in [7, 11) is 0. The van der Waals surface area contributed by atoms with Gasteiger partial charge in [-0.2, -0.15) is 0 Å². The number of anilines is 1. The fourth-order valence-corrected chi connectivity index (χ4v) is 3.34. The number of carboxylic acids is 1. The van der Waals surface area contributed by atoms with Gasteiger partial charge in [0.05, 0.1) is 23.0 Å². The predicted octanol–water partition coefficient (Wildman–Crippen LogP) is 4.55. The van der Waals surface area contributed by atoms with Crippen molar-refractivity contribution in [1.29, 1.82) is 0 Å². The number of hydrogen-bond donors (Lipinski definition) is 1. The van der Waals surface area contributed by atoms with Crippen molar-refractivity contribution < 1.29 is 9.90 Å². The molecular formula is C22H25N3O2. The van der Waals surface area contributed by atoms with Gasteiger partial charge in [0.15, 0.2) is 0 Å².